The SMILES string of the molecule is C#CCOC(=O)c1ccc(OCc2cccc3ccccc23)c(OCC)c1. The third kappa shape index (κ3) is 4.39. The predicted octanol–water partition coefficient (Wildman–Crippen LogP) is 4.61. The Morgan fingerprint density at radius 2 is 1.81 bits per heavy atom. The van der Waals surface area contributed by atoms with E-state index in [1.165, 1.54) is 0 Å². The second kappa shape index (κ2) is 8.77. The largest absolute Gasteiger partial charge is 0.490 e. The molecule has 136 valence electrons. The number of fused-ring (bicyclic) bond motifs is 1. The van der Waals surface area contributed by atoms with Gasteiger partial charge in [-0.05, 0) is 41.5 Å². The summed E-state index contributed by atoms with van der Waals surface area (Å²) in [5, 5.41) is 2.31. The summed E-state index contributed by atoms with van der Waals surface area (Å²) in [4.78, 5) is 12.0. The molecule has 0 atom stereocenters. The average molecular weight is 360 g/mol. The van der Waals surface area contributed by atoms with Crippen LogP contribution in [0, 0.1) is 12.3 Å². The summed E-state index contributed by atoms with van der Waals surface area (Å²) in [6, 6.07) is 19.2. The molecule has 4 nitrogen and oxygen atoms in total. The summed E-state index contributed by atoms with van der Waals surface area (Å²) in [6.07, 6.45) is 5.12. The molecule has 3 rings (SSSR count). The first-order chi connectivity index (χ1) is 13.2. The molecule has 0 spiro atoms. The Morgan fingerprint density at radius 3 is 2.63 bits per heavy atom. The standard InChI is InChI=1S/C23H20O4/c1-3-14-26-23(24)18-12-13-21(22(15-18)25-4-2)27-16-19-10-7-9-17-8-5-6-11-20(17)19/h1,5-13,15H,4,14,16H2,2H3. The first-order valence-electron chi connectivity index (χ1n) is 8.69. The van der Waals surface area contributed by atoms with Gasteiger partial charge in [-0.3, -0.25) is 0 Å². The van der Waals surface area contributed by atoms with Crippen LogP contribution in [0.4, 0.5) is 0 Å². The van der Waals surface area contributed by atoms with E-state index in [-0.39, 0.29) is 6.61 Å². The molecule has 0 aliphatic carbocycles. The maximum atomic E-state index is 12.0. The van der Waals surface area contributed by atoms with E-state index < -0.39 is 5.97 Å². The van der Waals surface area contributed by atoms with Gasteiger partial charge in [0.1, 0.15) is 6.61 Å². The van der Waals surface area contributed by atoms with E-state index >= 15 is 0 Å². The number of hydrogen-bond donors (Lipinski definition) is 0. The molecule has 0 saturated heterocycles. The monoisotopic (exact) mass is 360 g/mol. The number of ether oxygens (including phenoxy) is 3. The lowest BCUT2D eigenvalue weighted by atomic mass is 10.1. The van der Waals surface area contributed by atoms with Crippen LogP contribution in [0.2, 0.25) is 0 Å². The zero-order chi connectivity index (χ0) is 19.1. The zero-order valence-corrected chi connectivity index (χ0v) is 15.1. The highest BCUT2D eigenvalue weighted by Crippen LogP contribution is 2.30. The first-order valence-corrected chi connectivity index (χ1v) is 8.69. The summed E-state index contributed by atoms with van der Waals surface area (Å²) in [5.41, 5.74) is 1.44. The Morgan fingerprint density at radius 1 is 1.00 bits per heavy atom. The zero-order valence-electron chi connectivity index (χ0n) is 15.1. The second-order valence-electron chi connectivity index (χ2n) is 5.80. The number of esters is 1. The number of benzene rings is 3. The van der Waals surface area contributed by atoms with Crippen LogP contribution in [-0.4, -0.2) is 19.2 Å². The average Bonchev–Trinajstić information content (AvgIpc) is 2.71. The summed E-state index contributed by atoms with van der Waals surface area (Å²) in [5.74, 6) is 2.84. The summed E-state index contributed by atoms with van der Waals surface area (Å²) in [7, 11) is 0. The maximum Gasteiger partial charge on any atom is 0.339 e. The fourth-order valence-electron chi connectivity index (χ4n) is 2.79. The number of terminal acetylenes is 1. The Balaban J connectivity index is 1.81. The van der Waals surface area contributed by atoms with Crippen molar-refractivity contribution in [2.24, 2.45) is 0 Å². The molecule has 4 heteroatoms. The van der Waals surface area contributed by atoms with Crippen molar-refractivity contribution in [2.45, 2.75) is 13.5 Å². The van der Waals surface area contributed by atoms with E-state index in [0.717, 1.165) is 16.3 Å². The van der Waals surface area contributed by atoms with Gasteiger partial charge in [-0.1, -0.05) is 48.4 Å². The van der Waals surface area contributed by atoms with E-state index in [2.05, 4.69) is 24.1 Å². The van der Waals surface area contributed by atoms with Crippen LogP contribution < -0.4 is 9.47 Å². The molecule has 0 amide bonds. The van der Waals surface area contributed by atoms with Gasteiger partial charge in [0.05, 0.1) is 12.2 Å². The van der Waals surface area contributed by atoms with E-state index in [0.29, 0.717) is 30.3 Å². The van der Waals surface area contributed by atoms with Crippen LogP contribution in [0.15, 0.2) is 60.7 Å². The summed E-state index contributed by atoms with van der Waals surface area (Å²) in [6.45, 7) is 2.65. The van der Waals surface area contributed by atoms with Crippen molar-refractivity contribution in [1.82, 2.24) is 0 Å². The van der Waals surface area contributed by atoms with E-state index in [1.54, 1.807) is 18.2 Å². The highest BCUT2D eigenvalue weighted by atomic mass is 16.5. The molecular weight excluding hydrogens is 340 g/mol. The summed E-state index contributed by atoms with van der Waals surface area (Å²) >= 11 is 0. The Labute approximate surface area is 158 Å². The van der Waals surface area contributed by atoms with E-state index in [4.69, 9.17) is 20.6 Å². The minimum Gasteiger partial charge on any atom is -0.490 e. The molecule has 3 aromatic rings. The minimum absolute atomic E-state index is 0.0673. The Kier molecular flexibility index (Phi) is 5.96. The van der Waals surface area contributed by atoms with Gasteiger partial charge in [0.2, 0.25) is 0 Å². The van der Waals surface area contributed by atoms with Gasteiger partial charge in [-0.25, -0.2) is 4.79 Å². The van der Waals surface area contributed by atoms with Crippen LogP contribution in [-0.2, 0) is 11.3 Å². The van der Waals surface area contributed by atoms with Gasteiger partial charge in [0, 0.05) is 0 Å². The van der Waals surface area contributed by atoms with Crippen molar-refractivity contribution in [2.75, 3.05) is 13.2 Å². The van der Waals surface area contributed by atoms with Crippen molar-refractivity contribution >= 4 is 16.7 Å². The van der Waals surface area contributed by atoms with Gasteiger partial charge >= 0.3 is 5.97 Å². The highest BCUT2D eigenvalue weighted by molar-refractivity contribution is 5.90. The smallest absolute Gasteiger partial charge is 0.339 e. The Hall–Kier alpha value is -3.45. The summed E-state index contributed by atoms with van der Waals surface area (Å²) < 4.78 is 16.6. The maximum absolute atomic E-state index is 12.0. The third-order valence-corrected chi connectivity index (χ3v) is 4.03. The molecule has 0 heterocycles. The van der Waals surface area contributed by atoms with E-state index in [9.17, 15) is 4.79 Å². The van der Waals surface area contributed by atoms with Gasteiger partial charge in [-0.2, -0.15) is 0 Å². The van der Waals surface area contributed by atoms with Gasteiger partial charge < -0.3 is 14.2 Å². The lowest BCUT2D eigenvalue weighted by Gasteiger charge is -2.14. The lowest BCUT2D eigenvalue weighted by Crippen LogP contribution is -2.07. The van der Waals surface area contributed by atoms with Crippen molar-refractivity contribution < 1.29 is 19.0 Å². The quantitative estimate of drug-likeness (QED) is 0.456. The highest BCUT2D eigenvalue weighted by Gasteiger charge is 2.13. The number of hydrogen-bond acceptors (Lipinski definition) is 4. The molecule has 0 fully saturated rings. The van der Waals surface area contributed by atoms with Crippen LogP contribution in [0.3, 0.4) is 0 Å². The molecule has 27 heavy (non-hydrogen) atoms. The fraction of sp³-hybridized carbons (Fsp3) is 0.174. The molecule has 0 aromatic heterocycles. The van der Waals surface area contributed by atoms with Crippen LogP contribution in [0.5, 0.6) is 11.5 Å². The molecule has 0 aliphatic heterocycles. The van der Waals surface area contributed by atoms with Crippen molar-refractivity contribution in [3.63, 3.8) is 0 Å². The van der Waals surface area contributed by atoms with Crippen molar-refractivity contribution in [1.29, 1.82) is 0 Å². The molecule has 3 aromatic carbocycles. The van der Waals surface area contributed by atoms with Gasteiger partial charge in [0.15, 0.2) is 18.1 Å². The van der Waals surface area contributed by atoms with E-state index in [1.807, 2.05) is 31.2 Å². The fourth-order valence-corrected chi connectivity index (χ4v) is 2.79. The lowest BCUT2D eigenvalue weighted by molar-refractivity contribution is 0.0556. The second-order valence-corrected chi connectivity index (χ2v) is 5.80. The molecule has 0 aliphatic rings. The molecule has 0 bridgehead atoms. The van der Waals surface area contributed by atoms with Gasteiger partial charge in [-0.15, -0.1) is 6.42 Å². The first kappa shape index (κ1) is 18.3. The normalized spacial score (nSPS) is 10.2. The topological polar surface area (TPSA) is 44.8 Å². The molecule has 0 saturated carbocycles. The molecule has 0 unspecified atom stereocenters. The van der Waals surface area contributed by atoms with Crippen molar-refractivity contribution in [3.05, 3.63) is 71.8 Å². The van der Waals surface area contributed by atoms with Crippen LogP contribution in [0.25, 0.3) is 10.8 Å². The van der Waals surface area contributed by atoms with Crippen molar-refractivity contribution in [3.8, 4) is 23.8 Å². The minimum atomic E-state index is -0.491. The van der Waals surface area contributed by atoms with Gasteiger partial charge in [0.25, 0.3) is 0 Å². The number of carbonyl (C=O) groups is 1. The predicted molar refractivity (Wildman–Crippen MR) is 105 cm³/mol. The van der Waals surface area contributed by atoms with Crippen LogP contribution in [0.1, 0.15) is 22.8 Å². The third-order valence-electron chi connectivity index (χ3n) is 4.03. The van der Waals surface area contributed by atoms with Crippen LogP contribution >= 0.6 is 0 Å². The Bertz CT molecular complexity index is 980. The number of rotatable bonds is 7. The number of carbonyl (C=O) groups excluding carboxylic acids is 1. The molecule has 0 radical (unpaired) electrons. The molecular formula is C23H20O4. The molecule has 0 N–H and O–H groups in total.